The first-order chi connectivity index (χ1) is 9.11. The first kappa shape index (κ1) is 16.1. The highest BCUT2D eigenvalue weighted by Gasteiger charge is 2.34. The van der Waals surface area contributed by atoms with E-state index in [-0.39, 0.29) is 6.04 Å². The molecule has 110 valence electrons. The molecule has 0 amide bonds. The maximum Gasteiger partial charge on any atom is 0.228 e. The summed E-state index contributed by atoms with van der Waals surface area (Å²) in [5.74, 6) is 1.26. The summed E-state index contributed by atoms with van der Waals surface area (Å²) >= 11 is 0. The fourth-order valence-corrected chi connectivity index (χ4v) is 2.33. The maximum absolute atomic E-state index is 6.00. The molecule has 1 atom stereocenters. The first-order valence-electron chi connectivity index (χ1n) is 7.34. The second kappa shape index (κ2) is 7.60. The Morgan fingerprint density at radius 3 is 2.47 bits per heavy atom. The molecule has 2 N–H and O–H groups in total. The van der Waals surface area contributed by atoms with Crippen LogP contribution in [0.5, 0.6) is 0 Å². The van der Waals surface area contributed by atoms with E-state index in [9.17, 15) is 0 Å². The van der Waals surface area contributed by atoms with E-state index in [0.29, 0.717) is 24.7 Å². The van der Waals surface area contributed by atoms with Crippen molar-refractivity contribution in [2.45, 2.75) is 71.4 Å². The van der Waals surface area contributed by atoms with Crippen LogP contribution in [0.2, 0.25) is 0 Å². The van der Waals surface area contributed by atoms with Crippen LogP contribution in [0.4, 0.5) is 0 Å². The Bertz CT molecular complexity index is 361. The van der Waals surface area contributed by atoms with Gasteiger partial charge >= 0.3 is 0 Å². The lowest BCUT2D eigenvalue weighted by atomic mass is 9.96. The minimum atomic E-state index is -0.425. The molecule has 1 rings (SSSR count). The van der Waals surface area contributed by atoms with Gasteiger partial charge in [0.25, 0.3) is 0 Å². The monoisotopic (exact) mass is 269 g/mol. The van der Waals surface area contributed by atoms with Crippen LogP contribution in [0.15, 0.2) is 4.52 Å². The van der Waals surface area contributed by atoms with E-state index in [1.165, 1.54) is 0 Å². The van der Waals surface area contributed by atoms with Gasteiger partial charge in [0.2, 0.25) is 11.7 Å². The van der Waals surface area contributed by atoms with Gasteiger partial charge in [-0.2, -0.15) is 4.98 Å². The van der Waals surface area contributed by atoms with Crippen molar-refractivity contribution in [1.29, 1.82) is 0 Å². The lowest BCUT2D eigenvalue weighted by Crippen LogP contribution is -2.30. The molecule has 0 saturated carbocycles. The van der Waals surface area contributed by atoms with E-state index in [1.807, 2.05) is 6.92 Å². The molecule has 0 aliphatic rings. The van der Waals surface area contributed by atoms with Crippen LogP contribution in [-0.2, 0) is 16.8 Å². The van der Waals surface area contributed by atoms with Crippen molar-refractivity contribution in [2.24, 2.45) is 5.73 Å². The Morgan fingerprint density at radius 2 is 1.95 bits per heavy atom. The number of hydrogen-bond acceptors (Lipinski definition) is 5. The van der Waals surface area contributed by atoms with Crippen molar-refractivity contribution >= 4 is 0 Å². The molecule has 0 radical (unpaired) electrons. The van der Waals surface area contributed by atoms with E-state index >= 15 is 0 Å². The topological polar surface area (TPSA) is 74.2 Å². The Labute approximate surface area is 115 Å². The lowest BCUT2D eigenvalue weighted by molar-refractivity contribution is -0.0583. The molecule has 5 heteroatoms. The molecule has 5 nitrogen and oxygen atoms in total. The summed E-state index contributed by atoms with van der Waals surface area (Å²) in [7, 11) is 0. The predicted octanol–water partition coefficient (Wildman–Crippen LogP) is 2.79. The third-order valence-electron chi connectivity index (χ3n) is 3.53. The zero-order valence-electron chi connectivity index (χ0n) is 12.6. The molecule has 0 saturated heterocycles. The van der Waals surface area contributed by atoms with Crippen molar-refractivity contribution in [3.63, 3.8) is 0 Å². The average molecular weight is 269 g/mol. The SMILES string of the molecule is CCCC(N)Cc1nc(C(CC)(CC)OCC)no1. The fourth-order valence-electron chi connectivity index (χ4n) is 2.33. The zero-order chi connectivity index (χ0) is 14.3. The molecule has 1 heterocycles. The third-order valence-corrected chi connectivity index (χ3v) is 3.53. The van der Waals surface area contributed by atoms with Gasteiger partial charge in [-0.05, 0) is 26.2 Å². The second-order valence-electron chi connectivity index (χ2n) is 4.90. The summed E-state index contributed by atoms with van der Waals surface area (Å²) in [6.07, 6.45) is 4.33. The Balaban J connectivity index is 2.81. The zero-order valence-corrected chi connectivity index (χ0v) is 12.6. The summed E-state index contributed by atoms with van der Waals surface area (Å²) < 4.78 is 11.2. The van der Waals surface area contributed by atoms with Crippen LogP contribution in [0.3, 0.4) is 0 Å². The van der Waals surface area contributed by atoms with Crippen LogP contribution in [0.1, 0.15) is 65.1 Å². The summed E-state index contributed by atoms with van der Waals surface area (Å²) in [5.41, 5.74) is 5.57. The molecule has 0 bridgehead atoms. The largest absolute Gasteiger partial charge is 0.367 e. The minimum Gasteiger partial charge on any atom is -0.367 e. The summed E-state index contributed by atoms with van der Waals surface area (Å²) in [5, 5.41) is 4.10. The molecule has 0 spiro atoms. The van der Waals surface area contributed by atoms with Gasteiger partial charge in [0.15, 0.2) is 0 Å². The van der Waals surface area contributed by atoms with Gasteiger partial charge in [-0.1, -0.05) is 32.3 Å². The number of nitrogens with zero attached hydrogens (tertiary/aromatic N) is 2. The van der Waals surface area contributed by atoms with Crippen molar-refractivity contribution in [1.82, 2.24) is 10.1 Å². The molecular weight excluding hydrogens is 242 g/mol. The molecule has 0 aliphatic heterocycles. The standard InChI is InChI=1S/C14H27N3O2/c1-5-9-11(15)10-12-16-13(17-19-12)14(6-2,7-3)18-8-4/h11H,5-10,15H2,1-4H3. The Morgan fingerprint density at radius 1 is 1.26 bits per heavy atom. The van der Waals surface area contributed by atoms with Crippen LogP contribution in [0.25, 0.3) is 0 Å². The first-order valence-corrected chi connectivity index (χ1v) is 7.34. The van der Waals surface area contributed by atoms with Crippen molar-refractivity contribution in [3.05, 3.63) is 11.7 Å². The quantitative estimate of drug-likeness (QED) is 0.746. The lowest BCUT2D eigenvalue weighted by Gasteiger charge is -2.27. The van der Waals surface area contributed by atoms with Gasteiger partial charge in [-0.3, -0.25) is 0 Å². The maximum atomic E-state index is 6.00. The van der Waals surface area contributed by atoms with E-state index < -0.39 is 5.60 Å². The normalized spacial score (nSPS) is 13.7. The third kappa shape index (κ3) is 4.01. The van der Waals surface area contributed by atoms with E-state index in [2.05, 4.69) is 30.9 Å². The number of hydrogen-bond donors (Lipinski definition) is 1. The van der Waals surface area contributed by atoms with Gasteiger partial charge < -0.3 is 15.0 Å². The average Bonchev–Trinajstić information content (AvgIpc) is 2.85. The number of nitrogens with two attached hydrogens (primary N) is 1. The predicted molar refractivity (Wildman–Crippen MR) is 74.8 cm³/mol. The van der Waals surface area contributed by atoms with Gasteiger partial charge in [0.05, 0.1) is 0 Å². The van der Waals surface area contributed by atoms with Crippen LogP contribution < -0.4 is 5.73 Å². The van der Waals surface area contributed by atoms with Crippen LogP contribution in [0, 0.1) is 0 Å². The van der Waals surface area contributed by atoms with Crippen LogP contribution >= 0.6 is 0 Å². The van der Waals surface area contributed by atoms with Crippen molar-refractivity contribution in [3.8, 4) is 0 Å². The highest BCUT2D eigenvalue weighted by Crippen LogP contribution is 2.30. The number of aromatic nitrogens is 2. The highest BCUT2D eigenvalue weighted by molar-refractivity contribution is 5.01. The number of rotatable bonds is 9. The van der Waals surface area contributed by atoms with E-state index in [4.69, 9.17) is 15.0 Å². The van der Waals surface area contributed by atoms with Crippen molar-refractivity contribution < 1.29 is 9.26 Å². The van der Waals surface area contributed by atoms with Gasteiger partial charge in [-0.25, -0.2) is 0 Å². The summed E-state index contributed by atoms with van der Waals surface area (Å²) in [6, 6.07) is 0.0862. The molecule has 1 unspecified atom stereocenters. The molecule has 0 aliphatic carbocycles. The van der Waals surface area contributed by atoms with Gasteiger partial charge in [0, 0.05) is 19.1 Å². The molecule has 19 heavy (non-hydrogen) atoms. The molecule has 1 aromatic rings. The smallest absolute Gasteiger partial charge is 0.228 e. The summed E-state index contributed by atoms with van der Waals surface area (Å²) in [6.45, 7) is 8.91. The molecule has 0 aromatic carbocycles. The minimum absolute atomic E-state index is 0.0862. The fraction of sp³-hybridized carbons (Fsp3) is 0.857. The number of ether oxygens (including phenoxy) is 1. The Kier molecular flexibility index (Phi) is 6.45. The summed E-state index contributed by atoms with van der Waals surface area (Å²) in [4.78, 5) is 4.48. The Hall–Kier alpha value is -0.940. The van der Waals surface area contributed by atoms with E-state index in [1.54, 1.807) is 0 Å². The molecule has 0 fully saturated rings. The molecule has 1 aromatic heterocycles. The highest BCUT2D eigenvalue weighted by atomic mass is 16.5. The van der Waals surface area contributed by atoms with E-state index in [0.717, 1.165) is 25.7 Å². The van der Waals surface area contributed by atoms with Crippen molar-refractivity contribution in [2.75, 3.05) is 6.61 Å². The van der Waals surface area contributed by atoms with Crippen LogP contribution in [-0.4, -0.2) is 22.8 Å². The van der Waals surface area contributed by atoms with Gasteiger partial charge in [-0.15, -0.1) is 0 Å². The second-order valence-corrected chi connectivity index (χ2v) is 4.90. The molecular formula is C14H27N3O2. The van der Waals surface area contributed by atoms with Gasteiger partial charge in [0.1, 0.15) is 5.60 Å².